The Morgan fingerprint density at radius 2 is 1.73 bits per heavy atom. The fourth-order valence-corrected chi connectivity index (χ4v) is 6.44. The number of Topliss-reactive ketones (excluding diaryl/α,β-unsaturated/α-hetero) is 1. The number of rotatable bonds is 5. The van der Waals surface area contributed by atoms with E-state index in [0.29, 0.717) is 28.5 Å². The van der Waals surface area contributed by atoms with Crippen molar-refractivity contribution in [2.24, 2.45) is 23.2 Å². The standard InChI is InChI=1S/C20H23ClN4O/c21-18-16(12-24-25(18)19-22-4-1-5-23-19)17(26)2-3-20-9-13-6-14(10-20)8-15(7-13)11-20/h1,4-5,12-15H,2-3,6-11H2. The Balaban J connectivity index is 1.30. The van der Waals surface area contributed by atoms with E-state index in [9.17, 15) is 4.79 Å². The van der Waals surface area contributed by atoms with Crippen molar-refractivity contribution >= 4 is 17.4 Å². The average molecular weight is 371 g/mol. The van der Waals surface area contributed by atoms with Crippen molar-refractivity contribution < 1.29 is 4.79 Å². The van der Waals surface area contributed by atoms with Gasteiger partial charge in [0.05, 0.1) is 11.8 Å². The highest BCUT2D eigenvalue weighted by atomic mass is 35.5. The van der Waals surface area contributed by atoms with Crippen LogP contribution in [0.3, 0.4) is 0 Å². The van der Waals surface area contributed by atoms with Gasteiger partial charge in [0.15, 0.2) is 5.78 Å². The lowest BCUT2D eigenvalue weighted by Crippen LogP contribution is -2.46. The molecule has 4 fully saturated rings. The van der Waals surface area contributed by atoms with Crippen molar-refractivity contribution in [3.8, 4) is 5.95 Å². The maximum Gasteiger partial charge on any atom is 0.251 e. The summed E-state index contributed by atoms with van der Waals surface area (Å²) in [6.45, 7) is 0. The Kier molecular flexibility index (Phi) is 3.89. The van der Waals surface area contributed by atoms with E-state index in [1.807, 2.05) is 0 Å². The van der Waals surface area contributed by atoms with Crippen LogP contribution < -0.4 is 0 Å². The number of nitrogens with zero attached hydrogens (tertiary/aromatic N) is 4. The summed E-state index contributed by atoms with van der Waals surface area (Å²) < 4.78 is 1.43. The van der Waals surface area contributed by atoms with Gasteiger partial charge in [-0.05, 0) is 74.2 Å². The molecule has 26 heavy (non-hydrogen) atoms. The number of ketones is 1. The highest BCUT2D eigenvalue weighted by molar-refractivity contribution is 6.33. The van der Waals surface area contributed by atoms with Gasteiger partial charge in [-0.3, -0.25) is 4.79 Å². The molecule has 2 aromatic heterocycles. The van der Waals surface area contributed by atoms with Gasteiger partial charge in [-0.15, -0.1) is 0 Å². The smallest absolute Gasteiger partial charge is 0.251 e. The molecule has 2 aromatic rings. The second-order valence-electron chi connectivity index (χ2n) is 8.65. The molecule has 0 aromatic carbocycles. The molecular formula is C20H23ClN4O. The summed E-state index contributed by atoms with van der Waals surface area (Å²) in [5.74, 6) is 3.22. The Morgan fingerprint density at radius 3 is 2.35 bits per heavy atom. The first-order valence-corrected chi connectivity index (χ1v) is 10.0. The molecule has 0 N–H and O–H groups in total. The van der Waals surface area contributed by atoms with E-state index in [0.717, 1.165) is 24.2 Å². The third-order valence-electron chi connectivity index (χ3n) is 6.80. The second kappa shape index (κ2) is 6.15. The molecule has 4 saturated carbocycles. The number of halogens is 1. The molecule has 2 heterocycles. The minimum absolute atomic E-state index is 0.0907. The zero-order valence-electron chi connectivity index (χ0n) is 14.8. The highest BCUT2D eigenvalue weighted by Crippen LogP contribution is 2.61. The fourth-order valence-electron chi connectivity index (χ4n) is 6.17. The van der Waals surface area contributed by atoms with Crippen LogP contribution in [0.15, 0.2) is 24.7 Å². The topological polar surface area (TPSA) is 60.7 Å². The summed E-state index contributed by atoms with van der Waals surface area (Å²) >= 11 is 6.41. The van der Waals surface area contributed by atoms with E-state index in [-0.39, 0.29) is 5.78 Å². The van der Waals surface area contributed by atoms with Gasteiger partial charge < -0.3 is 0 Å². The third-order valence-corrected chi connectivity index (χ3v) is 7.16. The molecular weight excluding hydrogens is 348 g/mol. The summed E-state index contributed by atoms with van der Waals surface area (Å²) in [6, 6.07) is 1.73. The number of carbonyl (C=O) groups is 1. The molecule has 0 spiro atoms. The van der Waals surface area contributed by atoms with Gasteiger partial charge in [0, 0.05) is 18.8 Å². The quantitative estimate of drug-likeness (QED) is 0.727. The Morgan fingerprint density at radius 1 is 1.12 bits per heavy atom. The van der Waals surface area contributed by atoms with Crippen molar-refractivity contribution in [1.29, 1.82) is 0 Å². The van der Waals surface area contributed by atoms with E-state index >= 15 is 0 Å². The van der Waals surface area contributed by atoms with Gasteiger partial charge in [0.1, 0.15) is 5.15 Å². The van der Waals surface area contributed by atoms with E-state index in [4.69, 9.17) is 11.6 Å². The van der Waals surface area contributed by atoms with Crippen LogP contribution in [-0.2, 0) is 0 Å². The van der Waals surface area contributed by atoms with Crippen LogP contribution in [0.2, 0.25) is 5.15 Å². The molecule has 5 nitrogen and oxygen atoms in total. The van der Waals surface area contributed by atoms with Crippen LogP contribution in [0.5, 0.6) is 0 Å². The Bertz CT molecular complexity index is 796. The molecule has 0 amide bonds. The molecule has 0 unspecified atom stereocenters. The SMILES string of the molecule is O=C(CCC12CC3CC(CC(C3)C1)C2)c1cnn(-c2ncccn2)c1Cl. The molecule has 4 aliphatic carbocycles. The number of hydrogen-bond acceptors (Lipinski definition) is 4. The molecule has 0 saturated heterocycles. The van der Waals surface area contributed by atoms with Crippen LogP contribution in [0.25, 0.3) is 5.95 Å². The molecule has 0 aliphatic heterocycles. The lowest BCUT2D eigenvalue weighted by molar-refractivity contribution is -0.0570. The van der Waals surface area contributed by atoms with Crippen molar-refractivity contribution in [2.75, 3.05) is 0 Å². The molecule has 4 aliphatic rings. The average Bonchev–Trinajstić information content (AvgIpc) is 3.01. The molecule has 6 rings (SSSR count). The molecule has 0 atom stereocenters. The summed E-state index contributed by atoms with van der Waals surface area (Å²) in [5.41, 5.74) is 0.902. The minimum Gasteiger partial charge on any atom is -0.294 e. The van der Waals surface area contributed by atoms with Gasteiger partial charge >= 0.3 is 0 Å². The minimum atomic E-state index is 0.0907. The van der Waals surface area contributed by atoms with Gasteiger partial charge in [0.2, 0.25) is 0 Å². The lowest BCUT2D eigenvalue weighted by Gasteiger charge is -2.57. The molecule has 0 radical (unpaired) electrons. The first-order valence-electron chi connectivity index (χ1n) is 9.66. The second-order valence-corrected chi connectivity index (χ2v) is 9.01. The predicted molar refractivity (Wildman–Crippen MR) is 98.3 cm³/mol. The van der Waals surface area contributed by atoms with Crippen LogP contribution in [-0.4, -0.2) is 25.5 Å². The molecule has 6 heteroatoms. The summed E-state index contributed by atoms with van der Waals surface area (Å²) in [4.78, 5) is 21.1. The van der Waals surface area contributed by atoms with Gasteiger partial charge in [-0.2, -0.15) is 9.78 Å². The maximum absolute atomic E-state index is 12.8. The van der Waals surface area contributed by atoms with Crippen LogP contribution in [0.4, 0.5) is 0 Å². The zero-order chi connectivity index (χ0) is 17.7. The Hall–Kier alpha value is -1.75. The zero-order valence-corrected chi connectivity index (χ0v) is 15.5. The van der Waals surface area contributed by atoms with E-state index in [1.54, 1.807) is 24.7 Å². The number of aromatic nitrogens is 4. The largest absolute Gasteiger partial charge is 0.294 e. The Labute approximate surface area is 158 Å². The van der Waals surface area contributed by atoms with Crippen molar-refractivity contribution in [3.05, 3.63) is 35.4 Å². The third kappa shape index (κ3) is 2.77. The summed E-state index contributed by atoms with van der Waals surface area (Å²) in [6.07, 6.45) is 14.7. The van der Waals surface area contributed by atoms with E-state index in [1.165, 1.54) is 43.2 Å². The van der Waals surface area contributed by atoms with E-state index < -0.39 is 0 Å². The predicted octanol–water partition coefficient (Wildman–Crippen LogP) is 4.50. The number of hydrogen-bond donors (Lipinski definition) is 0. The van der Waals surface area contributed by atoms with Crippen molar-refractivity contribution in [2.45, 2.75) is 51.4 Å². The lowest BCUT2D eigenvalue weighted by atomic mass is 9.48. The van der Waals surface area contributed by atoms with Gasteiger partial charge in [0.25, 0.3) is 5.95 Å². The van der Waals surface area contributed by atoms with Crippen LogP contribution >= 0.6 is 11.6 Å². The molecule has 136 valence electrons. The normalized spacial score (nSPS) is 32.1. The first-order chi connectivity index (χ1) is 12.6. The fraction of sp³-hybridized carbons (Fsp3) is 0.600. The van der Waals surface area contributed by atoms with Crippen LogP contribution in [0.1, 0.15) is 61.7 Å². The number of carbonyl (C=O) groups excluding carboxylic acids is 1. The summed E-state index contributed by atoms with van der Waals surface area (Å²) in [5, 5.41) is 4.53. The van der Waals surface area contributed by atoms with E-state index in [2.05, 4.69) is 15.1 Å². The maximum atomic E-state index is 12.8. The van der Waals surface area contributed by atoms with Gasteiger partial charge in [-0.1, -0.05) is 11.6 Å². The highest BCUT2D eigenvalue weighted by Gasteiger charge is 2.50. The first kappa shape index (κ1) is 16.4. The molecule has 4 bridgehead atoms. The van der Waals surface area contributed by atoms with Crippen molar-refractivity contribution in [3.63, 3.8) is 0 Å². The van der Waals surface area contributed by atoms with Crippen LogP contribution in [0, 0.1) is 23.2 Å². The van der Waals surface area contributed by atoms with Gasteiger partial charge in [-0.25, -0.2) is 9.97 Å². The summed E-state index contributed by atoms with van der Waals surface area (Å²) in [7, 11) is 0. The van der Waals surface area contributed by atoms with Crippen molar-refractivity contribution in [1.82, 2.24) is 19.7 Å². The monoisotopic (exact) mass is 370 g/mol.